The van der Waals surface area contributed by atoms with Crippen LogP contribution < -0.4 is 5.73 Å². The maximum atomic E-state index is 11.2. The Hall–Kier alpha value is -1.08. The van der Waals surface area contributed by atoms with Gasteiger partial charge in [-0.25, -0.2) is 4.79 Å². The maximum Gasteiger partial charge on any atom is 0.336 e. The number of aromatic carboxylic acids is 1. The van der Waals surface area contributed by atoms with Crippen LogP contribution in [0.3, 0.4) is 0 Å². The molecule has 1 atom stereocenters. The molecule has 1 heterocycles. The van der Waals surface area contributed by atoms with Crippen molar-refractivity contribution in [3.8, 4) is 5.75 Å². The number of halogens is 2. The minimum absolute atomic E-state index is 0. The van der Waals surface area contributed by atoms with Crippen LogP contribution in [0.2, 0.25) is 0 Å². The van der Waals surface area contributed by atoms with E-state index < -0.39 is 12.0 Å². The van der Waals surface area contributed by atoms with Gasteiger partial charge in [0.15, 0.2) is 0 Å². The van der Waals surface area contributed by atoms with Gasteiger partial charge in [0.05, 0.1) is 16.1 Å². The highest BCUT2D eigenvalue weighted by atomic mass is 79.9. The number of phenolic OH excluding ortho intramolecular Hbond substituents is 1. The lowest BCUT2D eigenvalue weighted by atomic mass is 9.98. The topological polar surface area (TPSA) is 83.6 Å². The molecule has 4 N–H and O–H groups in total. The fourth-order valence-corrected chi connectivity index (χ4v) is 2.77. The lowest BCUT2D eigenvalue weighted by Gasteiger charge is -2.16. The van der Waals surface area contributed by atoms with Crippen molar-refractivity contribution in [3.05, 3.63) is 50.1 Å². The van der Waals surface area contributed by atoms with Gasteiger partial charge in [-0.3, -0.25) is 0 Å². The zero-order valence-electron chi connectivity index (χ0n) is 9.54. The highest BCUT2D eigenvalue weighted by Gasteiger charge is 2.23. The number of rotatable bonds is 3. The van der Waals surface area contributed by atoms with Crippen LogP contribution in [0.5, 0.6) is 5.75 Å². The fourth-order valence-electron chi connectivity index (χ4n) is 1.69. The molecule has 0 aliphatic carbocycles. The second-order valence-corrected chi connectivity index (χ2v) is 5.49. The van der Waals surface area contributed by atoms with Gasteiger partial charge < -0.3 is 15.9 Å². The molecule has 0 saturated heterocycles. The first-order valence-electron chi connectivity index (χ1n) is 5.06. The first-order chi connectivity index (χ1) is 8.52. The predicted octanol–water partition coefficient (Wildman–Crippen LogP) is 3.38. The Labute approximate surface area is 128 Å². The van der Waals surface area contributed by atoms with Gasteiger partial charge in [-0.2, -0.15) is 0 Å². The van der Waals surface area contributed by atoms with Crippen molar-refractivity contribution in [2.45, 2.75) is 6.04 Å². The minimum Gasteiger partial charge on any atom is -0.506 e. The van der Waals surface area contributed by atoms with E-state index in [1.54, 1.807) is 6.07 Å². The fraction of sp³-hybridized carbons (Fsp3) is 0.0833. The molecule has 0 amide bonds. The molecule has 4 nitrogen and oxygen atoms in total. The number of carboxylic acid groups (broad SMARTS) is 1. The minimum atomic E-state index is -1.11. The normalized spacial score (nSPS) is 11.7. The molecule has 2 rings (SSSR count). The Bertz CT molecular complexity index is 589. The monoisotopic (exact) mass is 363 g/mol. The smallest absolute Gasteiger partial charge is 0.336 e. The Kier molecular flexibility index (Phi) is 5.37. The molecule has 19 heavy (non-hydrogen) atoms. The summed E-state index contributed by atoms with van der Waals surface area (Å²) in [6.07, 6.45) is 0. The maximum absolute atomic E-state index is 11.2. The molecule has 0 bridgehead atoms. The summed E-state index contributed by atoms with van der Waals surface area (Å²) in [5.41, 5.74) is 6.27. The van der Waals surface area contributed by atoms with Gasteiger partial charge in [-0.1, -0.05) is 6.07 Å². The third kappa shape index (κ3) is 3.09. The van der Waals surface area contributed by atoms with Crippen molar-refractivity contribution in [2.24, 2.45) is 5.73 Å². The summed E-state index contributed by atoms with van der Waals surface area (Å²) < 4.78 is 0.425. The Balaban J connectivity index is 0.00000180. The lowest BCUT2D eigenvalue weighted by Crippen LogP contribution is -2.15. The summed E-state index contributed by atoms with van der Waals surface area (Å²) in [5.74, 6) is -1.24. The van der Waals surface area contributed by atoms with Gasteiger partial charge in [0.2, 0.25) is 0 Å². The number of hydrogen-bond acceptors (Lipinski definition) is 4. The molecule has 0 spiro atoms. The molecule has 0 aliphatic rings. The van der Waals surface area contributed by atoms with Gasteiger partial charge in [-0.05, 0) is 39.5 Å². The number of thiophene rings is 1. The van der Waals surface area contributed by atoms with Crippen molar-refractivity contribution in [1.29, 1.82) is 0 Å². The number of benzene rings is 1. The van der Waals surface area contributed by atoms with Crippen LogP contribution in [0.1, 0.15) is 26.8 Å². The molecular weight excluding hydrogens is 354 g/mol. The van der Waals surface area contributed by atoms with Crippen LogP contribution in [0.25, 0.3) is 0 Å². The van der Waals surface area contributed by atoms with E-state index in [-0.39, 0.29) is 29.3 Å². The van der Waals surface area contributed by atoms with Crippen LogP contribution in [0.15, 0.2) is 34.1 Å². The van der Waals surface area contributed by atoms with Crippen molar-refractivity contribution < 1.29 is 15.0 Å². The van der Waals surface area contributed by atoms with E-state index in [2.05, 4.69) is 15.9 Å². The van der Waals surface area contributed by atoms with Gasteiger partial charge in [0.1, 0.15) is 5.75 Å². The predicted molar refractivity (Wildman–Crippen MR) is 80.4 cm³/mol. The molecule has 0 fully saturated rings. The zero-order chi connectivity index (χ0) is 13.3. The first kappa shape index (κ1) is 16.0. The van der Waals surface area contributed by atoms with Crippen LogP contribution >= 0.6 is 39.7 Å². The lowest BCUT2D eigenvalue weighted by molar-refractivity contribution is 0.0694. The summed E-state index contributed by atoms with van der Waals surface area (Å²) in [4.78, 5) is 12.0. The zero-order valence-corrected chi connectivity index (χ0v) is 12.8. The highest BCUT2D eigenvalue weighted by molar-refractivity contribution is 9.10. The molecule has 0 unspecified atom stereocenters. The summed E-state index contributed by atoms with van der Waals surface area (Å²) in [6, 6.07) is 5.89. The summed E-state index contributed by atoms with van der Waals surface area (Å²) in [6.45, 7) is 0. The molecule has 0 saturated carbocycles. The number of phenols is 1. The van der Waals surface area contributed by atoms with Crippen molar-refractivity contribution in [1.82, 2.24) is 0 Å². The van der Waals surface area contributed by atoms with Crippen LogP contribution in [0.4, 0.5) is 0 Å². The number of carboxylic acids is 1. The second kappa shape index (κ2) is 6.38. The van der Waals surface area contributed by atoms with Gasteiger partial charge >= 0.3 is 5.97 Å². The number of nitrogens with two attached hydrogens (primary N) is 1. The Morgan fingerprint density at radius 1 is 1.37 bits per heavy atom. The number of carbonyl (C=O) groups is 1. The molecular formula is C12H11BrClNO3S. The standard InChI is InChI=1S/C12H10BrNO3S.ClH/c13-7-4-3-6(12(16)17)9(11(7)15)10(14)8-2-1-5-18-8;/h1-5,10,15H,14H2,(H,16,17);1H/t10-;/m1./s1. The van der Waals surface area contributed by atoms with E-state index in [9.17, 15) is 9.90 Å². The first-order valence-corrected chi connectivity index (χ1v) is 6.73. The third-order valence-corrected chi connectivity index (χ3v) is 4.15. The van der Waals surface area contributed by atoms with E-state index in [0.29, 0.717) is 4.47 Å². The average Bonchev–Trinajstić information content (AvgIpc) is 2.84. The van der Waals surface area contributed by atoms with Gasteiger partial charge in [0.25, 0.3) is 0 Å². The summed E-state index contributed by atoms with van der Waals surface area (Å²) in [7, 11) is 0. The van der Waals surface area contributed by atoms with E-state index in [1.807, 2.05) is 11.4 Å². The molecule has 0 aliphatic heterocycles. The highest BCUT2D eigenvalue weighted by Crippen LogP contribution is 2.37. The molecule has 0 radical (unpaired) electrons. The average molecular weight is 365 g/mol. The van der Waals surface area contributed by atoms with E-state index >= 15 is 0 Å². The quantitative estimate of drug-likeness (QED) is 0.779. The molecule has 7 heteroatoms. The van der Waals surface area contributed by atoms with Crippen LogP contribution in [-0.4, -0.2) is 16.2 Å². The molecule has 102 valence electrons. The van der Waals surface area contributed by atoms with Gasteiger partial charge in [-0.15, -0.1) is 23.7 Å². The summed E-state index contributed by atoms with van der Waals surface area (Å²) >= 11 is 4.58. The third-order valence-electron chi connectivity index (χ3n) is 2.56. The van der Waals surface area contributed by atoms with Crippen molar-refractivity contribution in [3.63, 3.8) is 0 Å². The molecule has 2 aromatic rings. The van der Waals surface area contributed by atoms with Gasteiger partial charge in [0, 0.05) is 10.4 Å². The SMILES string of the molecule is Cl.N[C@H](c1cccs1)c1c(C(=O)O)ccc(Br)c1O. The summed E-state index contributed by atoms with van der Waals surface area (Å²) in [5, 5.41) is 21.0. The second-order valence-electron chi connectivity index (χ2n) is 3.66. The molecule has 1 aromatic carbocycles. The van der Waals surface area contributed by atoms with Crippen LogP contribution in [0, 0.1) is 0 Å². The number of aromatic hydroxyl groups is 1. The van der Waals surface area contributed by atoms with E-state index in [1.165, 1.54) is 23.5 Å². The Morgan fingerprint density at radius 2 is 2.05 bits per heavy atom. The molecule has 1 aromatic heterocycles. The van der Waals surface area contributed by atoms with Crippen molar-refractivity contribution in [2.75, 3.05) is 0 Å². The van der Waals surface area contributed by atoms with E-state index in [0.717, 1.165) is 4.88 Å². The largest absolute Gasteiger partial charge is 0.506 e. The van der Waals surface area contributed by atoms with Crippen LogP contribution in [-0.2, 0) is 0 Å². The Morgan fingerprint density at radius 3 is 2.58 bits per heavy atom. The number of hydrogen-bond donors (Lipinski definition) is 3. The van der Waals surface area contributed by atoms with Crippen molar-refractivity contribution >= 4 is 45.6 Å². The van der Waals surface area contributed by atoms with E-state index in [4.69, 9.17) is 10.8 Å².